The fourth-order valence-corrected chi connectivity index (χ4v) is 2.34. The zero-order chi connectivity index (χ0) is 7.72. The van der Waals surface area contributed by atoms with Crippen LogP contribution in [0.5, 0.6) is 0 Å². The number of hydrogen-bond acceptors (Lipinski definition) is 0. The van der Waals surface area contributed by atoms with Crippen molar-refractivity contribution >= 4 is 0 Å². The lowest BCUT2D eigenvalue weighted by Gasteiger charge is -2.21. The SMILES string of the molecule is CC(C)C1CCC(C)C1C. The molecule has 60 valence electrons. The molecule has 0 aliphatic heterocycles. The lowest BCUT2D eigenvalue weighted by atomic mass is 9.85. The molecular weight excluding hydrogens is 120 g/mol. The maximum atomic E-state index is 2.42. The smallest absolute Gasteiger partial charge is 0.0363 e. The molecule has 1 aliphatic rings. The highest BCUT2D eigenvalue weighted by Gasteiger charge is 2.31. The molecule has 0 amide bonds. The van der Waals surface area contributed by atoms with Gasteiger partial charge in [0.2, 0.25) is 0 Å². The van der Waals surface area contributed by atoms with Crippen LogP contribution in [-0.4, -0.2) is 0 Å². The fourth-order valence-electron chi connectivity index (χ4n) is 2.34. The number of rotatable bonds is 1. The molecule has 0 bridgehead atoms. The van der Waals surface area contributed by atoms with Gasteiger partial charge in [0.1, 0.15) is 0 Å². The van der Waals surface area contributed by atoms with E-state index in [-0.39, 0.29) is 0 Å². The summed E-state index contributed by atoms with van der Waals surface area (Å²) in [6.07, 6.45) is 2.93. The summed E-state index contributed by atoms with van der Waals surface area (Å²) in [6.45, 7) is 9.54. The molecule has 3 unspecified atom stereocenters. The summed E-state index contributed by atoms with van der Waals surface area (Å²) in [7, 11) is 0. The van der Waals surface area contributed by atoms with Crippen LogP contribution in [0.15, 0.2) is 0 Å². The van der Waals surface area contributed by atoms with Gasteiger partial charge in [0.15, 0.2) is 0 Å². The summed E-state index contributed by atoms with van der Waals surface area (Å²) in [6, 6.07) is 0. The monoisotopic (exact) mass is 140 g/mol. The van der Waals surface area contributed by atoms with E-state index in [4.69, 9.17) is 0 Å². The van der Waals surface area contributed by atoms with Crippen LogP contribution in [0.25, 0.3) is 0 Å². The summed E-state index contributed by atoms with van der Waals surface area (Å²) in [5.41, 5.74) is 0. The largest absolute Gasteiger partial charge is 0.0625 e. The third-order valence-electron chi connectivity index (χ3n) is 3.38. The minimum atomic E-state index is 0.903. The second-order valence-corrected chi connectivity index (χ2v) is 4.32. The van der Waals surface area contributed by atoms with E-state index in [2.05, 4.69) is 27.7 Å². The van der Waals surface area contributed by atoms with Gasteiger partial charge in [0, 0.05) is 0 Å². The Balaban J connectivity index is 2.49. The van der Waals surface area contributed by atoms with Gasteiger partial charge in [0.25, 0.3) is 0 Å². The van der Waals surface area contributed by atoms with Gasteiger partial charge in [-0.2, -0.15) is 0 Å². The van der Waals surface area contributed by atoms with Crippen molar-refractivity contribution in [3.8, 4) is 0 Å². The summed E-state index contributed by atoms with van der Waals surface area (Å²) >= 11 is 0. The van der Waals surface area contributed by atoms with E-state index < -0.39 is 0 Å². The second kappa shape index (κ2) is 2.94. The molecule has 0 nitrogen and oxygen atoms in total. The molecule has 1 rings (SSSR count). The zero-order valence-corrected chi connectivity index (χ0v) is 7.72. The van der Waals surface area contributed by atoms with Crippen molar-refractivity contribution in [2.45, 2.75) is 40.5 Å². The fraction of sp³-hybridized carbons (Fsp3) is 1.00. The first-order valence-electron chi connectivity index (χ1n) is 4.63. The molecule has 0 aromatic carbocycles. The van der Waals surface area contributed by atoms with Crippen molar-refractivity contribution in [3.63, 3.8) is 0 Å². The first kappa shape index (κ1) is 8.10. The van der Waals surface area contributed by atoms with Crippen LogP contribution in [0, 0.1) is 23.7 Å². The van der Waals surface area contributed by atoms with Gasteiger partial charge in [-0.3, -0.25) is 0 Å². The molecule has 1 fully saturated rings. The van der Waals surface area contributed by atoms with Gasteiger partial charge >= 0.3 is 0 Å². The summed E-state index contributed by atoms with van der Waals surface area (Å²) in [5, 5.41) is 0. The highest BCUT2D eigenvalue weighted by Crippen LogP contribution is 2.40. The van der Waals surface area contributed by atoms with Crippen molar-refractivity contribution in [2.75, 3.05) is 0 Å². The Morgan fingerprint density at radius 1 is 1.10 bits per heavy atom. The van der Waals surface area contributed by atoms with Crippen LogP contribution < -0.4 is 0 Å². The molecule has 0 heterocycles. The summed E-state index contributed by atoms with van der Waals surface area (Å²) < 4.78 is 0. The Morgan fingerprint density at radius 3 is 1.90 bits per heavy atom. The minimum absolute atomic E-state index is 0.903. The third kappa shape index (κ3) is 1.36. The topological polar surface area (TPSA) is 0 Å². The Labute approximate surface area is 65.0 Å². The standard InChI is InChI=1S/C10H20/c1-7(2)10-6-5-8(3)9(10)4/h7-10H,5-6H2,1-4H3. The van der Waals surface area contributed by atoms with Crippen molar-refractivity contribution in [3.05, 3.63) is 0 Å². The third-order valence-corrected chi connectivity index (χ3v) is 3.38. The van der Waals surface area contributed by atoms with Crippen molar-refractivity contribution in [1.82, 2.24) is 0 Å². The van der Waals surface area contributed by atoms with E-state index in [0.29, 0.717) is 0 Å². The first-order chi connectivity index (χ1) is 4.63. The van der Waals surface area contributed by atoms with Gasteiger partial charge in [-0.1, -0.05) is 34.1 Å². The van der Waals surface area contributed by atoms with E-state index in [0.717, 1.165) is 23.7 Å². The van der Waals surface area contributed by atoms with Crippen LogP contribution in [0.4, 0.5) is 0 Å². The maximum Gasteiger partial charge on any atom is -0.0363 e. The predicted octanol–water partition coefficient (Wildman–Crippen LogP) is 3.32. The quantitative estimate of drug-likeness (QED) is 0.524. The normalized spacial score (nSPS) is 41.1. The Morgan fingerprint density at radius 2 is 1.70 bits per heavy atom. The van der Waals surface area contributed by atoms with Gasteiger partial charge in [-0.25, -0.2) is 0 Å². The molecule has 1 aliphatic carbocycles. The molecule has 1 saturated carbocycles. The van der Waals surface area contributed by atoms with Crippen LogP contribution in [0.1, 0.15) is 40.5 Å². The Bertz CT molecular complexity index is 105. The van der Waals surface area contributed by atoms with E-state index in [9.17, 15) is 0 Å². The van der Waals surface area contributed by atoms with Crippen LogP contribution in [0.3, 0.4) is 0 Å². The molecule has 0 aromatic heterocycles. The molecule has 3 atom stereocenters. The molecule has 10 heavy (non-hydrogen) atoms. The first-order valence-corrected chi connectivity index (χ1v) is 4.63. The zero-order valence-electron chi connectivity index (χ0n) is 7.72. The number of hydrogen-bond donors (Lipinski definition) is 0. The molecule has 0 heteroatoms. The summed E-state index contributed by atoms with van der Waals surface area (Å²) in [4.78, 5) is 0. The predicted molar refractivity (Wildman–Crippen MR) is 45.9 cm³/mol. The Hall–Kier alpha value is 0. The van der Waals surface area contributed by atoms with E-state index >= 15 is 0 Å². The summed E-state index contributed by atoms with van der Waals surface area (Å²) in [5.74, 6) is 3.86. The van der Waals surface area contributed by atoms with Crippen molar-refractivity contribution < 1.29 is 0 Å². The van der Waals surface area contributed by atoms with Gasteiger partial charge in [-0.15, -0.1) is 0 Å². The highest BCUT2D eigenvalue weighted by atomic mass is 14.4. The Kier molecular flexibility index (Phi) is 2.38. The average molecular weight is 140 g/mol. The molecule has 0 aromatic rings. The molecule has 0 N–H and O–H groups in total. The van der Waals surface area contributed by atoms with Crippen molar-refractivity contribution in [2.24, 2.45) is 23.7 Å². The van der Waals surface area contributed by atoms with Crippen LogP contribution in [0.2, 0.25) is 0 Å². The lowest BCUT2D eigenvalue weighted by Crippen LogP contribution is -2.14. The average Bonchev–Trinajstić information content (AvgIpc) is 2.14. The van der Waals surface area contributed by atoms with E-state index in [1.54, 1.807) is 0 Å². The van der Waals surface area contributed by atoms with Crippen LogP contribution >= 0.6 is 0 Å². The molecular formula is C10H20. The molecule has 0 spiro atoms. The van der Waals surface area contributed by atoms with Gasteiger partial charge in [-0.05, 0) is 30.1 Å². The van der Waals surface area contributed by atoms with Gasteiger partial charge < -0.3 is 0 Å². The molecule has 0 radical (unpaired) electrons. The maximum absolute atomic E-state index is 2.42. The minimum Gasteiger partial charge on any atom is -0.0625 e. The van der Waals surface area contributed by atoms with Gasteiger partial charge in [0.05, 0.1) is 0 Å². The lowest BCUT2D eigenvalue weighted by molar-refractivity contribution is 0.282. The van der Waals surface area contributed by atoms with Crippen LogP contribution in [-0.2, 0) is 0 Å². The highest BCUT2D eigenvalue weighted by molar-refractivity contribution is 4.81. The molecule has 0 saturated heterocycles. The van der Waals surface area contributed by atoms with E-state index in [1.807, 2.05) is 0 Å². The van der Waals surface area contributed by atoms with Crippen molar-refractivity contribution in [1.29, 1.82) is 0 Å². The second-order valence-electron chi connectivity index (χ2n) is 4.32. The van der Waals surface area contributed by atoms with E-state index in [1.165, 1.54) is 12.8 Å².